The smallest absolute Gasteiger partial charge is 0.222 e. The Kier molecular flexibility index (Phi) is 5.12. The summed E-state index contributed by atoms with van der Waals surface area (Å²) in [5.41, 5.74) is 1.40. The zero-order chi connectivity index (χ0) is 17.2. The molecule has 136 valence electrons. The van der Waals surface area contributed by atoms with Crippen molar-refractivity contribution in [3.05, 3.63) is 35.9 Å². The summed E-state index contributed by atoms with van der Waals surface area (Å²) in [7, 11) is 0. The summed E-state index contributed by atoms with van der Waals surface area (Å²) in [4.78, 5) is 17.5. The topological polar surface area (TPSA) is 23.6 Å². The van der Waals surface area contributed by atoms with Crippen LogP contribution in [0.5, 0.6) is 0 Å². The van der Waals surface area contributed by atoms with Gasteiger partial charge in [-0.25, -0.2) is 0 Å². The van der Waals surface area contributed by atoms with E-state index in [4.69, 9.17) is 0 Å². The summed E-state index contributed by atoms with van der Waals surface area (Å²) in [6, 6.07) is 11.3. The molecule has 1 aromatic carbocycles. The van der Waals surface area contributed by atoms with Crippen LogP contribution in [0.2, 0.25) is 0 Å². The highest BCUT2D eigenvalue weighted by Crippen LogP contribution is 2.38. The van der Waals surface area contributed by atoms with Crippen LogP contribution in [0.1, 0.15) is 57.1 Å². The summed E-state index contributed by atoms with van der Waals surface area (Å²) in [5.74, 6) is 2.66. The third-order valence-corrected chi connectivity index (χ3v) is 7.02. The first kappa shape index (κ1) is 17.1. The van der Waals surface area contributed by atoms with Crippen molar-refractivity contribution in [3.8, 4) is 0 Å². The molecular formula is C22H32N2O. The molecule has 0 radical (unpaired) electrons. The molecule has 3 heteroatoms. The molecule has 0 bridgehead atoms. The maximum Gasteiger partial charge on any atom is 0.222 e. The number of fused-ring (bicyclic) bond motifs is 1. The molecule has 1 saturated carbocycles. The standard InChI is InChI=1S/C22H32N2O/c1-17(19-6-3-2-4-7-19)23-12-10-18(11-13-23)14-22(25)24-15-20-8-5-9-21(20)16-24/h2-4,6-7,17-18,20-21H,5,8-16H2,1H3. The van der Waals surface area contributed by atoms with Crippen LogP contribution in [0.3, 0.4) is 0 Å². The molecule has 1 amide bonds. The summed E-state index contributed by atoms with van der Waals surface area (Å²) in [6.45, 7) is 6.66. The van der Waals surface area contributed by atoms with Crippen molar-refractivity contribution in [1.29, 1.82) is 0 Å². The Morgan fingerprint density at radius 3 is 2.32 bits per heavy atom. The van der Waals surface area contributed by atoms with Gasteiger partial charge in [0.15, 0.2) is 0 Å². The Bertz CT molecular complexity index is 567. The highest BCUT2D eigenvalue weighted by molar-refractivity contribution is 5.76. The van der Waals surface area contributed by atoms with Gasteiger partial charge in [0, 0.05) is 25.6 Å². The van der Waals surface area contributed by atoms with Crippen molar-refractivity contribution in [1.82, 2.24) is 9.80 Å². The second kappa shape index (κ2) is 7.49. The molecule has 25 heavy (non-hydrogen) atoms. The summed E-state index contributed by atoms with van der Waals surface area (Å²) >= 11 is 0. The van der Waals surface area contributed by atoms with Gasteiger partial charge in [0.25, 0.3) is 0 Å². The number of hydrogen-bond acceptors (Lipinski definition) is 2. The predicted molar refractivity (Wildman–Crippen MR) is 101 cm³/mol. The molecule has 3 atom stereocenters. The molecule has 2 heterocycles. The van der Waals surface area contributed by atoms with Crippen molar-refractivity contribution in [2.24, 2.45) is 17.8 Å². The number of amides is 1. The van der Waals surface area contributed by atoms with E-state index in [1.54, 1.807) is 0 Å². The largest absolute Gasteiger partial charge is 0.342 e. The lowest BCUT2D eigenvalue weighted by molar-refractivity contribution is -0.131. The van der Waals surface area contributed by atoms with Gasteiger partial charge in [-0.15, -0.1) is 0 Å². The number of piperidine rings is 1. The highest BCUT2D eigenvalue weighted by Gasteiger charge is 2.38. The Labute approximate surface area is 152 Å². The average molecular weight is 341 g/mol. The third kappa shape index (κ3) is 3.76. The fourth-order valence-corrected chi connectivity index (χ4v) is 5.30. The zero-order valence-electron chi connectivity index (χ0n) is 15.6. The number of nitrogens with zero attached hydrogens (tertiary/aromatic N) is 2. The van der Waals surface area contributed by atoms with Crippen LogP contribution in [0.25, 0.3) is 0 Å². The first-order valence-electron chi connectivity index (χ1n) is 10.3. The lowest BCUT2D eigenvalue weighted by atomic mass is 9.91. The molecule has 3 nitrogen and oxygen atoms in total. The van der Waals surface area contributed by atoms with Gasteiger partial charge in [0.2, 0.25) is 5.91 Å². The maximum atomic E-state index is 12.7. The molecule has 3 fully saturated rings. The molecule has 1 aliphatic carbocycles. The number of benzene rings is 1. The van der Waals surface area contributed by atoms with E-state index in [2.05, 4.69) is 47.1 Å². The molecule has 4 rings (SSSR count). The summed E-state index contributed by atoms with van der Waals surface area (Å²) in [6.07, 6.45) is 7.21. The summed E-state index contributed by atoms with van der Waals surface area (Å²) in [5, 5.41) is 0. The second-order valence-corrected chi connectivity index (χ2v) is 8.52. The number of rotatable bonds is 4. The van der Waals surface area contributed by atoms with Crippen LogP contribution >= 0.6 is 0 Å². The van der Waals surface area contributed by atoms with Crippen molar-refractivity contribution in [2.75, 3.05) is 26.2 Å². The molecular weight excluding hydrogens is 308 g/mol. The van der Waals surface area contributed by atoms with Crippen LogP contribution in [0.4, 0.5) is 0 Å². The lowest BCUT2D eigenvalue weighted by Gasteiger charge is -2.36. The monoisotopic (exact) mass is 340 g/mol. The predicted octanol–water partition coefficient (Wildman–Crippen LogP) is 4.11. The minimum atomic E-state index is 0.434. The molecule has 3 aliphatic rings. The quantitative estimate of drug-likeness (QED) is 0.823. The van der Waals surface area contributed by atoms with E-state index in [1.807, 2.05) is 0 Å². The van der Waals surface area contributed by atoms with Gasteiger partial charge in [0.1, 0.15) is 0 Å². The minimum Gasteiger partial charge on any atom is -0.342 e. The lowest BCUT2D eigenvalue weighted by Crippen LogP contribution is -2.38. The summed E-state index contributed by atoms with van der Waals surface area (Å²) < 4.78 is 0. The van der Waals surface area contributed by atoms with Crippen LogP contribution in [-0.2, 0) is 4.79 Å². The SMILES string of the molecule is CC(c1ccccc1)N1CCC(CC(=O)N2CC3CCCC3C2)CC1. The second-order valence-electron chi connectivity index (χ2n) is 8.52. The number of hydrogen-bond donors (Lipinski definition) is 0. The Hall–Kier alpha value is -1.35. The van der Waals surface area contributed by atoms with Crippen molar-refractivity contribution in [2.45, 2.75) is 51.5 Å². The van der Waals surface area contributed by atoms with Crippen LogP contribution in [0, 0.1) is 17.8 Å². The van der Waals surface area contributed by atoms with E-state index in [1.165, 1.54) is 37.7 Å². The van der Waals surface area contributed by atoms with E-state index >= 15 is 0 Å². The zero-order valence-corrected chi connectivity index (χ0v) is 15.6. The van der Waals surface area contributed by atoms with E-state index in [0.717, 1.165) is 44.4 Å². The van der Waals surface area contributed by atoms with Gasteiger partial charge in [-0.05, 0) is 69.0 Å². The number of carbonyl (C=O) groups excluding carboxylic acids is 1. The van der Waals surface area contributed by atoms with E-state index < -0.39 is 0 Å². The molecule has 3 unspecified atom stereocenters. The van der Waals surface area contributed by atoms with Crippen molar-refractivity contribution >= 4 is 5.91 Å². The van der Waals surface area contributed by atoms with Gasteiger partial charge in [-0.3, -0.25) is 9.69 Å². The van der Waals surface area contributed by atoms with Crippen molar-refractivity contribution < 1.29 is 4.79 Å². The molecule has 0 spiro atoms. The van der Waals surface area contributed by atoms with Crippen molar-refractivity contribution in [3.63, 3.8) is 0 Å². The highest BCUT2D eigenvalue weighted by atomic mass is 16.2. The van der Waals surface area contributed by atoms with Crippen LogP contribution < -0.4 is 0 Å². The minimum absolute atomic E-state index is 0.434. The van der Waals surface area contributed by atoms with E-state index in [9.17, 15) is 4.79 Å². The fourth-order valence-electron chi connectivity index (χ4n) is 5.30. The fraction of sp³-hybridized carbons (Fsp3) is 0.682. The van der Waals surface area contributed by atoms with Gasteiger partial charge in [0.05, 0.1) is 0 Å². The molecule has 2 saturated heterocycles. The Morgan fingerprint density at radius 1 is 1.04 bits per heavy atom. The number of likely N-dealkylation sites (tertiary alicyclic amines) is 2. The molecule has 1 aromatic rings. The Balaban J connectivity index is 1.24. The number of carbonyl (C=O) groups is 1. The van der Waals surface area contributed by atoms with Crippen LogP contribution in [0.15, 0.2) is 30.3 Å². The van der Waals surface area contributed by atoms with Gasteiger partial charge >= 0.3 is 0 Å². The maximum absolute atomic E-state index is 12.7. The van der Waals surface area contributed by atoms with Gasteiger partial charge in [-0.1, -0.05) is 36.8 Å². The first-order chi connectivity index (χ1) is 12.2. The first-order valence-corrected chi connectivity index (χ1v) is 10.3. The van der Waals surface area contributed by atoms with E-state index in [-0.39, 0.29) is 0 Å². The third-order valence-electron chi connectivity index (χ3n) is 7.02. The molecule has 0 aromatic heterocycles. The van der Waals surface area contributed by atoms with Gasteiger partial charge in [-0.2, -0.15) is 0 Å². The van der Waals surface area contributed by atoms with Crippen LogP contribution in [-0.4, -0.2) is 41.9 Å². The normalized spacial score (nSPS) is 28.9. The molecule has 0 N–H and O–H groups in total. The average Bonchev–Trinajstić information content (AvgIpc) is 3.24. The van der Waals surface area contributed by atoms with E-state index in [0.29, 0.717) is 17.9 Å². The molecule has 2 aliphatic heterocycles. The van der Waals surface area contributed by atoms with Gasteiger partial charge < -0.3 is 4.90 Å². The Morgan fingerprint density at radius 2 is 1.68 bits per heavy atom.